The van der Waals surface area contributed by atoms with E-state index in [9.17, 15) is 9.90 Å². The highest BCUT2D eigenvalue weighted by molar-refractivity contribution is 6.01. The molecule has 4 rings (SSSR count). The van der Waals surface area contributed by atoms with Gasteiger partial charge in [-0.3, -0.25) is 4.79 Å². The molecule has 1 heterocycles. The fourth-order valence-corrected chi connectivity index (χ4v) is 4.66. The second-order valence-electron chi connectivity index (χ2n) is 8.98. The van der Waals surface area contributed by atoms with Gasteiger partial charge in [-0.1, -0.05) is 30.3 Å². The smallest absolute Gasteiger partial charge is 0.156 e. The van der Waals surface area contributed by atoms with E-state index in [1.165, 1.54) is 5.56 Å². The Kier molecular flexibility index (Phi) is 5.59. The molecule has 0 aromatic heterocycles. The van der Waals surface area contributed by atoms with Crippen molar-refractivity contribution >= 4 is 11.4 Å². The van der Waals surface area contributed by atoms with E-state index < -0.39 is 5.60 Å². The largest absolute Gasteiger partial charge is 0.507 e. The van der Waals surface area contributed by atoms with Crippen molar-refractivity contribution in [2.75, 3.05) is 0 Å². The summed E-state index contributed by atoms with van der Waals surface area (Å²) in [7, 11) is 0. The zero-order valence-corrected chi connectivity index (χ0v) is 18.0. The molecule has 158 valence electrons. The van der Waals surface area contributed by atoms with Crippen LogP contribution in [0.4, 0.5) is 0 Å². The first-order chi connectivity index (χ1) is 14.3. The molecule has 2 aromatic rings. The van der Waals surface area contributed by atoms with Gasteiger partial charge in [0.1, 0.15) is 22.8 Å². The molecule has 0 saturated heterocycles. The van der Waals surface area contributed by atoms with Crippen LogP contribution in [0.25, 0.3) is 5.57 Å². The van der Waals surface area contributed by atoms with Crippen LogP contribution in [0, 0.1) is 5.92 Å². The summed E-state index contributed by atoms with van der Waals surface area (Å²) in [5.41, 5.74) is 2.41. The van der Waals surface area contributed by atoms with Crippen molar-refractivity contribution in [3.8, 4) is 17.2 Å². The number of hydrogen-bond acceptors (Lipinski definition) is 4. The molecule has 1 aliphatic heterocycles. The Morgan fingerprint density at radius 2 is 2.00 bits per heavy atom. The lowest BCUT2D eigenvalue weighted by Gasteiger charge is -2.43. The van der Waals surface area contributed by atoms with Crippen LogP contribution in [0.1, 0.15) is 57.6 Å². The summed E-state index contributed by atoms with van der Waals surface area (Å²) in [5.74, 6) is 1.49. The average molecular weight is 407 g/mol. The zero-order valence-electron chi connectivity index (χ0n) is 18.0. The lowest BCUT2D eigenvalue weighted by molar-refractivity contribution is -0.115. The topological polar surface area (TPSA) is 55.8 Å². The number of hydrogen-bond donors (Lipinski definition) is 1. The lowest BCUT2D eigenvalue weighted by atomic mass is 9.72. The van der Waals surface area contributed by atoms with Gasteiger partial charge < -0.3 is 14.6 Å². The van der Waals surface area contributed by atoms with E-state index in [0.29, 0.717) is 23.5 Å². The molecular formula is C26H30O4. The number of carbonyl (C=O) groups is 1. The molecule has 2 aromatic carbocycles. The van der Waals surface area contributed by atoms with E-state index in [4.69, 9.17) is 9.47 Å². The van der Waals surface area contributed by atoms with Crippen molar-refractivity contribution in [1.82, 2.24) is 0 Å². The predicted octanol–water partition coefficient (Wildman–Crippen LogP) is 5.72. The highest BCUT2D eigenvalue weighted by Crippen LogP contribution is 2.52. The molecular weight excluding hydrogens is 376 g/mol. The maximum absolute atomic E-state index is 12.0. The first-order valence-electron chi connectivity index (χ1n) is 10.8. The molecule has 0 saturated carbocycles. The maximum atomic E-state index is 12.0. The van der Waals surface area contributed by atoms with E-state index in [2.05, 4.69) is 24.3 Å². The minimum Gasteiger partial charge on any atom is -0.507 e. The number of phenols is 1. The van der Waals surface area contributed by atoms with Gasteiger partial charge in [-0.2, -0.15) is 0 Å². The van der Waals surface area contributed by atoms with Crippen LogP contribution < -0.4 is 9.47 Å². The fraction of sp³-hybridized carbons (Fsp3) is 0.423. The van der Waals surface area contributed by atoms with Crippen LogP contribution in [0.15, 0.2) is 48.5 Å². The summed E-state index contributed by atoms with van der Waals surface area (Å²) in [5, 5.41) is 10.8. The SMILES string of the molecule is CC(CCCc1ccccc1)Oc1cc(O)c2c(c1)OC(C)(C)C1CCC(=O)C=C21. The third kappa shape index (κ3) is 4.23. The third-order valence-corrected chi connectivity index (χ3v) is 6.18. The summed E-state index contributed by atoms with van der Waals surface area (Å²) < 4.78 is 12.4. The van der Waals surface area contributed by atoms with Gasteiger partial charge in [-0.05, 0) is 63.7 Å². The average Bonchev–Trinajstić information content (AvgIpc) is 2.67. The Hall–Kier alpha value is -2.75. The van der Waals surface area contributed by atoms with Gasteiger partial charge in [0.05, 0.1) is 11.7 Å². The Labute approximate surface area is 178 Å². The molecule has 4 heteroatoms. The molecule has 0 radical (unpaired) electrons. The summed E-state index contributed by atoms with van der Waals surface area (Å²) in [6.07, 6.45) is 5.94. The van der Waals surface area contributed by atoms with E-state index in [0.717, 1.165) is 31.3 Å². The number of fused-ring (bicyclic) bond motifs is 3. The van der Waals surface area contributed by atoms with Crippen LogP contribution in [0.5, 0.6) is 17.2 Å². The molecule has 30 heavy (non-hydrogen) atoms. The monoisotopic (exact) mass is 406 g/mol. The number of aryl methyl sites for hydroxylation is 1. The quantitative estimate of drug-likeness (QED) is 0.667. The first kappa shape index (κ1) is 20.5. The second kappa shape index (κ2) is 8.17. The van der Waals surface area contributed by atoms with Crippen molar-refractivity contribution in [3.05, 3.63) is 59.7 Å². The van der Waals surface area contributed by atoms with E-state index >= 15 is 0 Å². The third-order valence-electron chi connectivity index (χ3n) is 6.18. The van der Waals surface area contributed by atoms with Gasteiger partial charge in [-0.25, -0.2) is 0 Å². The lowest BCUT2D eigenvalue weighted by Crippen LogP contribution is -2.43. The van der Waals surface area contributed by atoms with Crippen molar-refractivity contribution < 1.29 is 19.4 Å². The number of allylic oxidation sites excluding steroid dienone is 1. The summed E-state index contributed by atoms with van der Waals surface area (Å²) in [6.45, 7) is 6.13. The summed E-state index contributed by atoms with van der Waals surface area (Å²) in [4.78, 5) is 12.0. The number of benzene rings is 2. The normalized spacial score (nSPS) is 20.4. The van der Waals surface area contributed by atoms with Gasteiger partial charge in [0.25, 0.3) is 0 Å². The van der Waals surface area contributed by atoms with Gasteiger partial charge in [-0.15, -0.1) is 0 Å². The molecule has 2 aliphatic rings. The maximum Gasteiger partial charge on any atom is 0.156 e. The number of rotatable bonds is 6. The van der Waals surface area contributed by atoms with Gasteiger partial charge in [0.15, 0.2) is 5.78 Å². The van der Waals surface area contributed by atoms with Crippen LogP contribution in [-0.2, 0) is 11.2 Å². The van der Waals surface area contributed by atoms with Crippen LogP contribution in [-0.4, -0.2) is 22.6 Å². The molecule has 2 unspecified atom stereocenters. The molecule has 2 atom stereocenters. The van der Waals surface area contributed by atoms with E-state index in [-0.39, 0.29) is 23.6 Å². The number of aromatic hydroxyl groups is 1. The minimum atomic E-state index is -0.439. The Morgan fingerprint density at radius 1 is 1.23 bits per heavy atom. The number of ketones is 1. The summed E-state index contributed by atoms with van der Waals surface area (Å²) in [6, 6.07) is 13.9. The van der Waals surface area contributed by atoms with Gasteiger partial charge in [0.2, 0.25) is 0 Å². The molecule has 4 nitrogen and oxygen atoms in total. The van der Waals surface area contributed by atoms with Gasteiger partial charge in [0, 0.05) is 24.5 Å². The van der Waals surface area contributed by atoms with Gasteiger partial charge >= 0.3 is 0 Å². The molecule has 0 amide bonds. The van der Waals surface area contributed by atoms with Crippen LogP contribution in [0.3, 0.4) is 0 Å². The van der Waals surface area contributed by atoms with E-state index in [1.54, 1.807) is 12.1 Å². The Morgan fingerprint density at radius 3 is 2.77 bits per heavy atom. The number of ether oxygens (including phenoxy) is 2. The van der Waals surface area contributed by atoms with Crippen molar-refractivity contribution in [3.63, 3.8) is 0 Å². The predicted molar refractivity (Wildman–Crippen MR) is 118 cm³/mol. The van der Waals surface area contributed by atoms with Crippen molar-refractivity contribution in [1.29, 1.82) is 0 Å². The fourth-order valence-electron chi connectivity index (χ4n) is 4.66. The molecule has 0 bridgehead atoms. The van der Waals surface area contributed by atoms with Crippen LogP contribution >= 0.6 is 0 Å². The van der Waals surface area contributed by atoms with E-state index in [1.807, 2.05) is 32.9 Å². The molecule has 1 N–H and O–H groups in total. The van der Waals surface area contributed by atoms with Crippen LogP contribution in [0.2, 0.25) is 0 Å². The van der Waals surface area contributed by atoms with Crippen molar-refractivity contribution in [2.45, 2.75) is 64.6 Å². The first-order valence-corrected chi connectivity index (χ1v) is 10.8. The zero-order chi connectivity index (χ0) is 21.3. The molecule has 1 aliphatic carbocycles. The number of carbonyl (C=O) groups excluding carboxylic acids is 1. The van der Waals surface area contributed by atoms with Crippen molar-refractivity contribution in [2.24, 2.45) is 5.92 Å². The molecule has 0 spiro atoms. The highest BCUT2D eigenvalue weighted by atomic mass is 16.5. The Balaban J connectivity index is 1.49. The molecule has 0 fully saturated rings. The number of phenolic OH excluding ortho intramolecular Hbond substituents is 1. The Bertz CT molecular complexity index is 958. The summed E-state index contributed by atoms with van der Waals surface area (Å²) >= 11 is 0. The minimum absolute atomic E-state index is 0.0194. The second-order valence-corrected chi connectivity index (χ2v) is 8.98. The highest BCUT2D eigenvalue weighted by Gasteiger charge is 2.43. The standard InChI is InChI=1S/C26H30O4/c1-17(8-7-11-18-9-5-4-6-10-18)29-20-15-23(28)25-21-14-19(27)12-13-22(21)26(2,3)30-24(25)16-20/h4-6,9-10,14-17,22,28H,7-8,11-13H2,1-3H3.